The van der Waals surface area contributed by atoms with Crippen LogP contribution in [0.5, 0.6) is 0 Å². The maximum absolute atomic E-state index is 13.1. The van der Waals surface area contributed by atoms with Crippen molar-refractivity contribution in [1.29, 1.82) is 0 Å². The molecule has 1 fully saturated rings. The van der Waals surface area contributed by atoms with E-state index >= 15 is 0 Å². The van der Waals surface area contributed by atoms with E-state index in [0.29, 0.717) is 17.0 Å². The fourth-order valence-electron chi connectivity index (χ4n) is 2.20. The van der Waals surface area contributed by atoms with Crippen LogP contribution in [0.25, 0.3) is 0 Å². The lowest BCUT2D eigenvalue weighted by atomic mass is 9.97. The minimum absolute atomic E-state index is 0.179. The van der Waals surface area contributed by atoms with Gasteiger partial charge in [0.25, 0.3) is 0 Å². The molecule has 2 N–H and O–H groups in total. The summed E-state index contributed by atoms with van der Waals surface area (Å²) in [6.07, 6.45) is 4.20. The molecule has 1 saturated heterocycles. The molecule has 1 aliphatic heterocycles. The first-order valence-corrected chi connectivity index (χ1v) is 6.37. The third kappa shape index (κ3) is 3.41. The van der Waals surface area contributed by atoms with Crippen LogP contribution in [0.4, 0.5) is 4.39 Å². The quantitative estimate of drug-likeness (QED) is 0.900. The standard InChI is InChI=1S/C13H17ClFNO/c14-12-5-4-9(15)7-11(12)13(16)8-10-3-1-2-6-17-10/h4-5,7,10,13H,1-3,6,8,16H2. The number of hydrogen-bond acceptors (Lipinski definition) is 2. The van der Waals surface area contributed by atoms with Gasteiger partial charge in [0.05, 0.1) is 6.10 Å². The molecule has 0 radical (unpaired) electrons. The highest BCUT2D eigenvalue weighted by molar-refractivity contribution is 6.31. The smallest absolute Gasteiger partial charge is 0.123 e. The van der Waals surface area contributed by atoms with Gasteiger partial charge in [-0.05, 0) is 49.4 Å². The highest BCUT2D eigenvalue weighted by Crippen LogP contribution is 2.28. The van der Waals surface area contributed by atoms with Crippen molar-refractivity contribution in [3.63, 3.8) is 0 Å². The second-order valence-electron chi connectivity index (χ2n) is 4.50. The minimum atomic E-state index is -0.301. The van der Waals surface area contributed by atoms with Crippen molar-refractivity contribution in [2.24, 2.45) is 5.73 Å². The van der Waals surface area contributed by atoms with E-state index in [1.807, 2.05) is 0 Å². The van der Waals surface area contributed by atoms with Crippen LogP contribution in [0.1, 0.15) is 37.3 Å². The zero-order valence-corrected chi connectivity index (χ0v) is 10.4. The lowest BCUT2D eigenvalue weighted by Crippen LogP contribution is -2.25. The van der Waals surface area contributed by atoms with Crippen LogP contribution in [0.2, 0.25) is 5.02 Å². The van der Waals surface area contributed by atoms with Gasteiger partial charge in [0.1, 0.15) is 5.82 Å². The number of benzene rings is 1. The molecule has 1 aliphatic rings. The van der Waals surface area contributed by atoms with Crippen molar-refractivity contribution >= 4 is 11.6 Å². The van der Waals surface area contributed by atoms with E-state index in [9.17, 15) is 4.39 Å². The summed E-state index contributed by atoms with van der Waals surface area (Å²) in [6.45, 7) is 0.800. The van der Waals surface area contributed by atoms with Crippen LogP contribution in [0.3, 0.4) is 0 Å². The van der Waals surface area contributed by atoms with Crippen molar-refractivity contribution in [3.05, 3.63) is 34.6 Å². The van der Waals surface area contributed by atoms with Gasteiger partial charge in [-0.2, -0.15) is 0 Å². The Morgan fingerprint density at radius 1 is 1.47 bits per heavy atom. The molecule has 2 nitrogen and oxygen atoms in total. The highest BCUT2D eigenvalue weighted by Gasteiger charge is 2.20. The summed E-state index contributed by atoms with van der Waals surface area (Å²) >= 11 is 6.02. The number of ether oxygens (including phenoxy) is 1. The monoisotopic (exact) mass is 257 g/mol. The third-order valence-corrected chi connectivity index (χ3v) is 3.49. The molecule has 2 atom stereocenters. The molecule has 0 spiro atoms. The van der Waals surface area contributed by atoms with Gasteiger partial charge in [-0.3, -0.25) is 0 Å². The molecule has 0 amide bonds. The largest absolute Gasteiger partial charge is 0.378 e. The first-order chi connectivity index (χ1) is 8.16. The summed E-state index contributed by atoms with van der Waals surface area (Å²) < 4.78 is 18.8. The molecule has 0 saturated carbocycles. The number of rotatable bonds is 3. The van der Waals surface area contributed by atoms with Crippen molar-refractivity contribution in [1.82, 2.24) is 0 Å². The topological polar surface area (TPSA) is 35.2 Å². The van der Waals surface area contributed by atoms with Gasteiger partial charge < -0.3 is 10.5 Å². The molecule has 1 aromatic rings. The van der Waals surface area contributed by atoms with E-state index in [-0.39, 0.29) is 18.0 Å². The third-order valence-electron chi connectivity index (χ3n) is 3.15. The Kier molecular flexibility index (Phi) is 4.37. The zero-order chi connectivity index (χ0) is 12.3. The van der Waals surface area contributed by atoms with E-state index in [2.05, 4.69) is 0 Å². The molecule has 17 heavy (non-hydrogen) atoms. The van der Waals surface area contributed by atoms with Crippen molar-refractivity contribution in [3.8, 4) is 0 Å². The zero-order valence-electron chi connectivity index (χ0n) is 9.66. The maximum Gasteiger partial charge on any atom is 0.123 e. The molecular weight excluding hydrogens is 241 g/mol. The molecular formula is C13H17ClFNO. The molecule has 0 aromatic heterocycles. The molecule has 0 bridgehead atoms. The summed E-state index contributed by atoms with van der Waals surface area (Å²) in [6, 6.07) is 4.04. The summed E-state index contributed by atoms with van der Waals surface area (Å²) in [5.41, 5.74) is 6.73. The van der Waals surface area contributed by atoms with Crippen LogP contribution in [0, 0.1) is 5.82 Å². The molecule has 94 valence electrons. The SMILES string of the molecule is NC(CC1CCCCO1)c1cc(F)ccc1Cl. The van der Waals surface area contributed by atoms with E-state index in [0.717, 1.165) is 19.4 Å². The van der Waals surface area contributed by atoms with E-state index < -0.39 is 0 Å². The normalized spacial score (nSPS) is 22.4. The van der Waals surface area contributed by atoms with Crippen LogP contribution >= 0.6 is 11.6 Å². The van der Waals surface area contributed by atoms with Gasteiger partial charge in [-0.15, -0.1) is 0 Å². The predicted molar refractivity (Wildman–Crippen MR) is 66.5 cm³/mol. The second-order valence-corrected chi connectivity index (χ2v) is 4.90. The average molecular weight is 258 g/mol. The Balaban J connectivity index is 2.02. The summed E-state index contributed by atoms with van der Waals surface area (Å²) in [4.78, 5) is 0. The Bertz CT molecular complexity index is 380. The van der Waals surface area contributed by atoms with Crippen LogP contribution in [-0.2, 0) is 4.74 Å². The Hall–Kier alpha value is -0.640. The Morgan fingerprint density at radius 3 is 3.00 bits per heavy atom. The van der Waals surface area contributed by atoms with Crippen molar-refractivity contribution in [2.45, 2.75) is 37.8 Å². The average Bonchev–Trinajstić information content (AvgIpc) is 2.33. The highest BCUT2D eigenvalue weighted by atomic mass is 35.5. The lowest BCUT2D eigenvalue weighted by molar-refractivity contribution is 0.00729. The molecule has 0 aliphatic carbocycles. The van der Waals surface area contributed by atoms with Crippen molar-refractivity contribution in [2.75, 3.05) is 6.61 Å². The molecule has 2 rings (SSSR count). The maximum atomic E-state index is 13.1. The Morgan fingerprint density at radius 2 is 2.29 bits per heavy atom. The number of nitrogens with two attached hydrogens (primary N) is 1. The molecule has 1 heterocycles. The predicted octanol–water partition coefficient (Wildman–Crippen LogP) is 3.44. The van der Waals surface area contributed by atoms with Gasteiger partial charge in [0.2, 0.25) is 0 Å². The number of hydrogen-bond donors (Lipinski definition) is 1. The molecule has 1 aromatic carbocycles. The van der Waals surface area contributed by atoms with Gasteiger partial charge in [0.15, 0.2) is 0 Å². The van der Waals surface area contributed by atoms with Crippen LogP contribution in [0.15, 0.2) is 18.2 Å². The fourth-order valence-corrected chi connectivity index (χ4v) is 2.46. The Labute approximate surface area is 106 Å². The van der Waals surface area contributed by atoms with Crippen LogP contribution < -0.4 is 5.73 Å². The fraction of sp³-hybridized carbons (Fsp3) is 0.538. The summed E-state index contributed by atoms with van der Waals surface area (Å²) in [7, 11) is 0. The van der Waals surface area contributed by atoms with E-state index in [1.54, 1.807) is 6.07 Å². The van der Waals surface area contributed by atoms with Gasteiger partial charge in [-0.1, -0.05) is 11.6 Å². The van der Waals surface area contributed by atoms with E-state index in [4.69, 9.17) is 22.1 Å². The second kappa shape index (κ2) is 5.80. The first kappa shape index (κ1) is 12.8. The van der Waals surface area contributed by atoms with Crippen molar-refractivity contribution < 1.29 is 9.13 Å². The molecule has 2 unspecified atom stereocenters. The first-order valence-electron chi connectivity index (χ1n) is 5.99. The summed E-state index contributed by atoms with van der Waals surface area (Å²) in [5.74, 6) is -0.301. The van der Waals surface area contributed by atoms with Crippen LogP contribution in [-0.4, -0.2) is 12.7 Å². The summed E-state index contributed by atoms with van der Waals surface area (Å²) in [5, 5.41) is 0.523. The minimum Gasteiger partial charge on any atom is -0.378 e. The lowest BCUT2D eigenvalue weighted by Gasteiger charge is -2.25. The van der Waals surface area contributed by atoms with Gasteiger partial charge >= 0.3 is 0 Å². The van der Waals surface area contributed by atoms with Gasteiger partial charge in [0, 0.05) is 17.7 Å². The van der Waals surface area contributed by atoms with E-state index in [1.165, 1.54) is 18.6 Å². The number of halogens is 2. The molecule has 4 heteroatoms. The van der Waals surface area contributed by atoms with Gasteiger partial charge in [-0.25, -0.2) is 4.39 Å².